The van der Waals surface area contributed by atoms with Gasteiger partial charge in [-0.1, -0.05) is 48.5 Å². The molecule has 0 saturated carbocycles. The summed E-state index contributed by atoms with van der Waals surface area (Å²) in [5, 5.41) is 14.9. The highest BCUT2D eigenvalue weighted by Crippen LogP contribution is 2.13. The first-order valence-electron chi connectivity index (χ1n) is 6.95. The molecule has 0 spiro atoms. The molecule has 0 aliphatic heterocycles. The van der Waals surface area contributed by atoms with Crippen LogP contribution in [-0.2, 0) is 9.59 Å². The summed E-state index contributed by atoms with van der Waals surface area (Å²) in [7, 11) is 0. The summed E-state index contributed by atoms with van der Waals surface area (Å²) >= 11 is 0. The summed E-state index contributed by atoms with van der Waals surface area (Å²) in [6, 6.07) is 16.1. The lowest BCUT2D eigenvalue weighted by atomic mass is 10.1. The van der Waals surface area contributed by atoms with Gasteiger partial charge in [-0.05, 0) is 24.1 Å². The summed E-state index contributed by atoms with van der Waals surface area (Å²) in [6.07, 6.45) is -0.851. The van der Waals surface area contributed by atoms with E-state index in [1.807, 2.05) is 25.1 Å². The third-order valence-electron chi connectivity index (χ3n) is 3.24. The fourth-order valence-corrected chi connectivity index (χ4v) is 1.95. The van der Waals surface area contributed by atoms with Gasteiger partial charge in [0.2, 0.25) is 0 Å². The first kappa shape index (κ1) is 15.7. The number of benzene rings is 2. The van der Waals surface area contributed by atoms with Crippen molar-refractivity contribution in [3.63, 3.8) is 0 Å². The maximum atomic E-state index is 11.8. The molecule has 2 aromatic rings. The van der Waals surface area contributed by atoms with Crippen LogP contribution in [0.25, 0.3) is 0 Å². The largest absolute Gasteiger partial charge is 0.387 e. The molecule has 2 amide bonds. The zero-order valence-electron chi connectivity index (χ0n) is 12.2. The van der Waals surface area contributed by atoms with Crippen LogP contribution < -0.4 is 10.6 Å². The molecule has 0 heterocycles. The molecule has 0 radical (unpaired) electrons. The maximum absolute atomic E-state index is 11.8. The van der Waals surface area contributed by atoms with E-state index >= 15 is 0 Å². The first-order chi connectivity index (χ1) is 10.6. The Balaban J connectivity index is 1.87. The molecule has 114 valence electrons. The average Bonchev–Trinajstić information content (AvgIpc) is 2.55. The average molecular weight is 298 g/mol. The van der Waals surface area contributed by atoms with E-state index in [2.05, 4.69) is 10.6 Å². The van der Waals surface area contributed by atoms with Gasteiger partial charge in [-0.3, -0.25) is 9.59 Å². The van der Waals surface area contributed by atoms with Gasteiger partial charge in [-0.25, -0.2) is 0 Å². The molecule has 5 heteroatoms. The Hall–Kier alpha value is -2.66. The van der Waals surface area contributed by atoms with Gasteiger partial charge >= 0.3 is 11.8 Å². The van der Waals surface area contributed by atoms with Crippen LogP contribution in [0.2, 0.25) is 0 Å². The number of aliphatic hydroxyl groups excluding tert-OH is 1. The van der Waals surface area contributed by atoms with E-state index in [9.17, 15) is 14.7 Å². The Morgan fingerprint density at radius 3 is 2.32 bits per heavy atom. The van der Waals surface area contributed by atoms with E-state index < -0.39 is 17.9 Å². The molecule has 0 aliphatic carbocycles. The van der Waals surface area contributed by atoms with Gasteiger partial charge in [0.05, 0.1) is 6.10 Å². The zero-order chi connectivity index (χ0) is 15.9. The molecule has 0 aromatic heterocycles. The number of rotatable bonds is 4. The summed E-state index contributed by atoms with van der Waals surface area (Å²) in [4.78, 5) is 23.6. The van der Waals surface area contributed by atoms with Crippen molar-refractivity contribution in [1.82, 2.24) is 5.32 Å². The van der Waals surface area contributed by atoms with Crippen LogP contribution in [0.15, 0.2) is 54.6 Å². The fraction of sp³-hybridized carbons (Fsp3) is 0.176. The molecule has 1 atom stereocenters. The van der Waals surface area contributed by atoms with Crippen molar-refractivity contribution in [3.05, 3.63) is 65.7 Å². The predicted octanol–water partition coefficient (Wildman–Crippen LogP) is 1.78. The molecule has 3 N–H and O–H groups in total. The summed E-state index contributed by atoms with van der Waals surface area (Å²) < 4.78 is 0. The maximum Gasteiger partial charge on any atom is 0.313 e. The van der Waals surface area contributed by atoms with Crippen LogP contribution in [0.4, 0.5) is 5.69 Å². The molecule has 2 aromatic carbocycles. The number of carbonyl (C=O) groups excluding carboxylic acids is 2. The third-order valence-corrected chi connectivity index (χ3v) is 3.24. The van der Waals surface area contributed by atoms with Crippen molar-refractivity contribution in [1.29, 1.82) is 0 Å². The van der Waals surface area contributed by atoms with Gasteiger partial charge in [0, 0.05) is 12.2 Å². The molecule has 2 rings (SSSR count). The number of carbonyl (C=O) groups is 2. The van der Waals surface area contributed by atoms with Crippen LogP contribution in [-0.4, -0.2) is 23.5 Å². The minimum Gasteiger partial charge on any atom is -0.387 e. The molecule has 0 aliphatic rings. The topological polar surface area (TPSA) is 78.4 Å². The lowest BCUT2D eigenvalue weighted by Crippen LogP contribution is -2.37. The predicted molar refractivity (Wildman–Crippen MR) is 84.2 cm³/mol. The minimum atomic E-state index is -0.851. The van der Waals surface area contributed by atoms with Gasteiger partial charge in [-0.15, -0.1) is 0 Å². The number of nitrogens with one attached hydrogen (secondary N) is 2. The number of anilines is 1. The van der Waals surface area contributed by atoms with Crippen LogP contribution in [0.5, 0.6) is 0 Å². The van der Waals surface area contributed by atoms with Gasteiger partial charge in [0.1, 0.15) is 0 Å². The van der Waals surface area contributed by atoms with Crippen molar-refractivity contribution in [2.75, 3.05) is 11.9 Å². The van der Waals surface area contributed by atoms with Crippen molar-refractivity contribution in [2.24, 2.45) is 0 Å². The quantitative estimate of drug-likeness (QED) is 0.753. The molecule has 22 heavy (non-hydrogen) atoms. The number of hydrogen-bond acceptors (Lipinski definition) is 3. The lowest BCUT2D eigenvalue weighted by molar-refractivity contribution is -0.136. The molecule has 0 bridgehead atoms. The van der Waals surface area contributed by atoms with Crippen LogP contribution in [0, 0.1) is 6.92 Å². The fourth-order valence-electron chi connectivity index (χ4n) is 1.95. The van der Waals surface area contributed by atoms with E-state index in [0.29, 0.717) is 11.3 Å². The number of aliphatic hydroxyl groups is 1. The highest BCUT2D eigenvalue weighted by Gasteiger charge is 2.16. The smallest absolute Gasteiger partial charge is 0.313 e. The van der Waals surface area contributed by atoms with Crippen molar-refractivity contribution >= 4 is 17.5 Å². The number of aryl methyl sites for hydroxylation is 1. The monoisotopic (exact) mass is 298 g/mol. The summed E-state index contributed by atoms with van der Waals surface area (Å²) in [5.74, 6) is -1.53. The molecule has 0 saturated heterocycles. The van der Waals surface area contributed by atoms with E-state index in [1.54, 1.807) is 36.4 Å². The van der Waals surface area contributed by atoms with Gasteiger partial charge in [-0.2, -0.15) is 0 Å². The van der Waals surface area contributed by atoms with Crippen LogP contribution in [0.3, 0.4) is 0 Å². The first-order valence-corrected chi connectivity index (χ1v) is 6.95. The van der Waals surface area contributed by atoms with Gasteiger partial charge in [0.25, 0.3) is 0 Å². The highest BCUT2D eigenvalue weighted by molar-refractivity contribution is 6.39. The number of hydrogen-bond donors (Lipinski definition) is 3. The molecular weight excluding hydrogens is 280 g/mol. The molecular formula is C17H18N2O3. The SMILES string of the molecule is Cc1ccccc1NC(=O)C(=O)NC[C@@H](O)c1ccccc1. The van der Waals surface area contributed by atoms with E-state index in [4.69, 9.17) is 0 Å². The van der Waals surface area contributed by atoms with Crippen LogP contribution in [0.1, 0.15) is 17.2 Å². The second-order valence-electron chi connectivity index (χ2n) is 4.91. The Labute approximate surface area is 129 Å². The van der Waals surface area contributed by atoms with Crippen molar-refractivity contribution < 1.29 is 14.7 Å². The van der Waals surface area contributed by atoms with E-state index in [-0.39, 0.29) is 6.54 Å². The molecule has 0 fully saturated rings. The van der Waals surface area contributed by atoms with Crippen molar-refractivity contribution in [2.45, 2.75) is 13.0 Å². The highest BCUT2D eigenvalue weighted by atomic mass is 16.3. The Morgan fingerprint density at radius 2 is 1.64 bits per heavy atom. The second-order valence-corrected chi connectivity index (χ2v) is 4.91. The van der Waals surface area contributed by atoms with Crippen molar-refractivity contribution in [3.8, 4) is 0 Å². The molecule has 5 nitrogen and oxygen atoms in total. The van der Waals surface area contributed by atoms with E-state index in [1.165, 1.54) is 0 Å². The lowest BCUT2D eigenvalue weighted by Gasteiger charge is -2.12. The molecule has 0 unspecified atom stereocenters. The summed E-state index contributed by atoms with van der Waals surface area (Å²) in [6.45, 7) is 1.82. The Bertz CT molecular complexity index is 656. The summed E-state index contributed by atoms with van der Waals surface area (Å²) in [5.41, 5.74) is 2.14. The van der Waals surface area contributed by atoms with Gasteiger partial charge in [0.15, 0.2) is 0 Å². The third kappa shape index (κ3) is 4.17. The standard InChI is InChI=1S/C17H18N2O3/c1-12-7-5-6-10-14(12)19-17(22)16(21)18-11-15(20)13-8-3-2-4-9-13/h2-10,15,20H,11H2,1H3,(H,18,21)(H,19,22)/t15-/m1/s1. The minimum absolute atomic E-state index is 0.0238. The number of para-hydroxylation sites is 1. The number of amides is 2. The zero-order valence-corrected chi connectivity index (χ0v) is 12.2. The Kier molecular flexibility index (Phi) is 5.27. The van der Waals surface area contributed by atoms with Crippen LogP contribution >= 0.6 is 0 Å². The normalized spacial score (nSPS) is 11.5. The Morgan fingerprint density at radius 1 is 1.00 bits per heavy atom. The van der Waals surface area contributed by atoms with Gasteiger partial charge < -0.3 is 15.7 Å². The second kappa shape index (κ2) is 7.38. The van der Waals surface area contributed by atoms with E-state index in [0.717, 1.165) is 5.56 Å².